The van der Waals surface area contributed by atoms with Gasteiger partial charge in [0.1, 0.15) is 0 Å². The smallest absolute Gasteiger partial charge is 0.218 e. The number of likely N-dealkylation sites (N-methyl/N-ethyl adjacent to an activating group) is 1. The van der Waals surface area contributed by atoms with Crippen LogP contribution >= 0.6 is 12.2 Å². The Bertz CT molecular complexity index is 172. The summed E-state index contributed by atoms with van der Waals surface area (Å²) in [4.78, 5) is 12.9. The molecule has 0 spiro atoms. The van der Waals surface area contributed by atoms with Gasteiger partial charge in [-0.25, -0.2) is 0 Å². The van der Waals surface area contributed by atoms with Gasteiger partial charge in [-0.2, -0.15) is 0 Å². The van der Waals surface area contributed by atoms with Crippen LogP contribution in [-0.4, -0.2) is 35.4 Å². The molecule has 0 rings (SSSR count). The summed E-state index contributed by atoms with van der Waals surface area (Å²) < 4.78 is 0. The highest BCUT2D eigenvalue weighted by molar-refractivity contribution is 7.80. The Morgan fingerprint density at radius 2 is 2.08 bits per heavy atom. The monoisotopic (exact) mass is 189 g/mol. The SMILES string of the molecule is CCN(CCC(N)=O)CC(N)=S. The Kier molecular flexibility index (Phi) is 5.57. The van der Waals surface area contributed by atoms with E-state index in [2.05, 4.69) is 0 Å². The van der Waals surface area contributed by atoms with E-state index in [1.165, 1.54) is 0 Å². The molecule has 0 aromatic rings. The fraction of sp³-hybridized carbons (Fsp3) is 0.714. The summed E-state index contributed by atoms with van der Waals surface area (Å²) in [5, 5.41) is 0. The van der Waals surface area contributed by atoms with Crippen molar-refractivity contribution in [2.45, 2.75) is 13.3 Å². The molecule has 0 aliphatic rings. The molecule has 0 radical (unpaired) electrons. The van der Waals surface area contributed by atoms with Crippen LogP contribution in [-0.2, 0) is 4.79 Å². The summed E-state index contributed by atoms with van der Waals surface area (Å²) in [5.74, 6) is -0.295. The Labute approximate surface area is 77.9 Å². The molecule has 0 aromatic heterocycles. The minimum absolute atomic E-state index is 0.295. The van der Waals surface area contributed by atoms with Crippen molar-refractivity contribution in [1.29, 1.82) is 0 Å². The second-order valence-corrected chi connectivity index (χ2v) is 3.08. The molecule has 0 aliphatic heterocycles. The van der Waals surface area contributed by atoms with E-state index in [-0.39, 0.29) is 5.91 Å². The van der Waals surface area contributed by atoms with Crippen LogP contribution in [0.1, 0.15) is 13.3 Å². The van der Waals surface area contributed by atoms with Crippen LogP contribution < -0.4 is 11.5 Å². The van der Waals surface area contributed by atoms with Crippen molar-refractivity contribution in [3.05, 3.63) is 0 Å². The summed E-state index contributed by atoms with van der Waals surface area (Å²) in [5.41, 5.74) is 10.3. The second-order valence-electron chi connectivity index (χ2n) is 2.55. The van der Waals surface area contributed by atoms with Crippen molar-refractivity contribution in [3.63, 3.8) is 0 Å². The van der Waals surface area contributed by atoms with Crippen LogP contribution in [0.2, 0.25) is 0 Å². The Morgan fingerprint density at radius 1 is 1.50 bits per heavy atom. The molecule has 12 heavy (non-hydrogen) atoms. The van der Waals surface area contributed by atoms with E-state index in [1.54, 1.807) is 0 Å². The summed E-state index contributed by atoms with van der Waals surface area (Å²) in [6.07, 6.45) is 0.358. The van der Waals surface area contributed by atoms with Gasteiger partial charge in [-0.1, -0.05) is 19.1 Å². The van der Waals surface area contributed by atoms with Crippen molar-refractivity contribution < 1.29 is 4.79 Å². The fourth-order valence-corrected chi connectivity index (χ4v) is 1.02. The van der Waals surface area contributed by atoms with Crippen molar-refractivity contribution in [3.8, 4) is 0 Å². The molecule has 4 nitrogen and oxygen atoms in total. The van der Waals surface area contributed by atoms with Gasteiger partial charge >= 0.3 is 0 Å². The average Bonchev–Trinajstić information content (AvgIpc) is 1.97. The minimum atomic E-state index is -0.295. The normalized spacial score (nSPS) is 10.2. The molecular weight excluding hydrogens is 174 g/mol. The number of primary amides is 1. The van der Waals surface area contributed by atoms with Crippen LogP contribution in [0.15, 0.2) is 0 Å². The van der Waals surface area contributed by atoms with Gasteiger partial charge in [0.2, 0.25) is 5.91 Å². The topological polar surface area (TPSA) is 72.3 Å². The summed E-state index contributed by atoms with van der Waals surface area (Å²) in [6.45, 7) is 3.99. The van der Waals surface area contributed by atoms with Gasteiger partial charge in [-0.15, -0.1) is 0 Å². The quantitative estimate of drug-likeness (QED) is 0.551. The van der Waals surface area contributed by atoms with E-state index in [1.807, 2.05) is 11.8 Å². The largest absolute Gasteiger partial charge is 0.392 e. The molecule has 0 saturated carbocycles. The van der Waals surface area contributed by atoms with Crippen LogP contribution in [0.5, 0.6) is 0 Å². The van der Waals surface area contributed by atoms with Gasteiger partial charge in [0.05, 0.1) is 4.99 Å². The lowest BCUT2D eigenvalue weighted by Gasteiger charge is -2.18. The molecule has 0 unspecified atom stereocenters. The number of carbonyl (C=O) groups is 1. The standard InChI is InChI=1S/C7H15N3OS/c1-2-10(5-7(9)12)4-3-6(8)11/h2-5H2,1H3,(H2,8,11)(H2,9,12). The first-order valence-corrected chi connectivity index (χ1v) is 4.26. The van der Waals surface area contributed by atoms with E-state index in [0.717, 1.165) is 6.54 Å². The number of amides is 1. The highest BCUT2D eigenvalue weighted by atomic mass is 32.1. The van der Waals surface area contributed by atoms with Crippen molar-refractivity contribution >= 4 is 23.1 Å². The first-order valence-electron chi connectivity index (χ1n) is 3.85. The average molecular weight is 189 g/mol. The molecule has 0 bridgehead atoms. The molecule has 0 aromatic carbocycles. The van der Waals surface area contributed by atoms with E-state index in [0.29, 0.717) is 24.5 Å². The molecule has 4 N–H and O–H groups in total. The number of nitrogens with two attached hydrogens (primary N) is 2. The van der Waals surface area contributed by atoms with Gasteiger partial charge in [-0.05, 0) is 6.54 Å². The number of hydrogen-bond donors (Lipinski definition) is 2. The predicted octanol–water partition coefficient (Wildman–Crippen LogP) is -0.530. The first-order chi connectivity index (χ1) is 5.56. The van der Waals surface area contributed by atoms with Gasteiger partial charge < -0.3 is 11.5 Å². The Morgan fingerprint density at radius 3 is 2.42 bits per heavy atom. The first kappa shape index (κ1) is 11.3. The van der Waals surface area contributed by atoms with Gasteiger partial charge in [0, 0.05) is 19.5 Å². The third-order valence-corrected chi connectivity index (χ3v) is 1.63. The van der Waals surface area contributed by atoms with Crippen LogP contribution in [0, 0.1) is 0 Å². The molecule has 0 saturated heterocycles. The zero-order valence-corrected chi connectivity index (χ0v) is 8.06. The van der Waals surface area contributed by atoms with Gasteiger partial charge in [-0.3, -0.25) is 9.69 Å². The Hall–Kier alpha value is -0.680. The van der Waals surface area contributed by atoms with Crippen molar-refractivity contribution in [2.75, 3.05) is 19.6 Å². The van der Waals surface area contributed by atoms with Crippen molar-refractivity contribution in [2.24, 2.45) is 11.5 Å². The number of hydrogen-bond acceptors (Lipinski definition) is 3. The lowest BCUT2D eigenvalue weighted by atomic mass is 10.3. The van der Waals surface area contributed by atoms with E-state index in [4.69, 9.17) is 23.7 Å². The number of carbonyl (C=O) groups excluding carboxylic acids is 1. The van der Waals surface area contributed by atoms with Crippen molar-refractivity contribution in [1.82, 2.24) is 4.90 Å². The maximum Gasteiger partial charge on any atom is 0.218 e. The fourth-order valence-electron chi connectivity index (χ4n) is 0.838. The van der Waals surface area contributed by atoms with Gasteiger partial charge in [0.15, 0.2) is 0 Å². The molecule has 70 valence electrons. The lowest BCUT2D eigenvalue weighted by molar-refractivity contribution is -0.118. The molecule has 0 fully saturated rings. The maximum absolute atomic E-state index is 10.4. The minimum Gasteiger partial charge on any atom is -0.392 e. The van der Waals surface area contributed by atoms with E-state index in [9.17, 15) is 4.79 Å². The highest BCUT2D eigenvalue weighted by Gasteiger charge is 2.04. The van der Waals surface area contributed by atoms with E-state index >= 15 is 0 Å². The number of rotatable bonds is 6. The molecule has 0 heterocycles. The third-order valence-electron chi connectivity index (χ3n) is 1.50. The third kappa shape index (κ3) is 6.06. The van der Waals surface area contributed by atoms with Crippen LogP contribution in [0.3, 0.4) is 0 Å². The molecule has 1 amide bonds. The second kappa shape index (κ2) is 5.91. The highest BCUT2D eigenvalue weighted by Crippen LogP contribution is 1.90. The maximum atomic E-state index is 10.4. The molecule has 5 heteroatoms. The van der Waals surface area contributed by atoms with Gasteiger partial charge in [0.25, 0.3) is 0 Å². The zero-order chi connectivity index (χ0) is 9.56. The zero-order valence-electron chi connectivity index (χ0n) is 7.25. The van der Waals surface area contributed by atoms with Crippen LogP contribution in [0.4, 0.5) is 0 Å². The predicted molar refractivity (Wildman–Crippen MR) is 52.7 cm³/mol. The lowest BCUT2D eigenvalue weighted by Crippen LogP contribution is -2.34. The van der Waals surface area contributed by atoms with Crippen LogP contribution in [0.25, 0.3) is 0 Å². The molecular formula is C7H15N3OS. The van der Waals surface area contributed by atoms with E-state index < -0.39 is 0 Å². The summed E-state index contributed by atoms with van der Waals surface area (Å²) in [6, 6.07) is 0. The Balaban J connectivity index is 3.67. The summed E-state index contributed by atoms with van der Waals surface area (Å²) >= 11 is 4.74. The molecule has 0 atom stereocenters. The number of nitrogens with zero attached hydrogens (tertiary/aromatic N) is 1. The molecule has 0 aliphatic carbocycles. The number of thiocarbonyl (C=S) groups is 1. The summed E-state index contributed by atoms with van der Waals surface area (Å²) in [7, 11) is 0.